The minimum atomic E-state index is -0.856. The number of ether oxygens (including phenoxy) is 1. The van der Waals surface area contributed by atoms with Crippen molar-refractivity contribution in [3.05, 3.63) is 59.2 Å². The molecule has 3 rings (SSSR count). The van der Waals surface area contributed by atoms with Crippen LogP contribution in [0, 0.1) is 6.92 Å². The third kappa shape index (κ3) is 3.42. The molecule has 6 heteroatoms. The Hall–Kier alpha value is -2.76. The molecule has 0 saturated heterocycles. The van der Waals surface area contributed by atoms with Crippen LogP contribution in [0.15, 0.2) is 36.7 Å². The van der Waals surface area contributed by atoms with E-state index in [0.717, 1.165) is 12.0 Å². The quantitative estimate of drug-likeness (QED) is 0.806. The Labute approximate surface area is 140 Å². The van der Waals surface area contributed by atoms with Crippen LogP contribution in [0.4, 0.5) is 0 Å². The number of hydrogen-bond acceptors (Lipinski definition) is 5. The summed E-state index contributed by atoms with van der Waals surface area (Å²) < 4.78 is 5.25. The molecule has 1 aliphatic rings. The molecule has 2 heterocycles. The summed E-state index contributed by atoms with van der Waals surface area (Å²) in [5.74, 6) is -0.835. The molecule has 0 fully saturated rings. The molecule has 0 spiro atoms. The van der Waals surface area contributed by atoms with Gasteiger partial charge >= 0.3 is 5.97 Å². The minimum absolute atomic E-state index is 0.101. The number of carbonyl (C=O) groups is 2. The lowest BCUT2D eigenvalue weighted by Crippen LogP contribution is -2.42. The second-order valence-electron chi connectivity index (χ2n) is 5.87. The summed E-state index contributed by atoms with van der Waals surface area (Å²) in [7, 11) is 0. The van der Waals surface area contributed by atoms with Crippen LogP contribution in [0.5, 0.6) is 0 Å². The van der Waals surface area contributed by atoms with E-state index in [4.69, 9.17) is 4.74 Å². The maximum atomic E-state index is 12.5. The van der Waals surface area contributed by atoms with Crippen molar-refractivity contribution in [1.29, 1.82) is 0 Å². The lowest BCUT2D eigenvalue weighted by Gasteiger charge is -2.30. The highest BCUT2D eigenvalue weighted by molar-refractivity contribution is 5.90. The number of fused-ring (bicyclic) bond motifs is 1. The van der Waals surface area contributed by atoms with Gasteiger partial charge in [0, 0.05) is 19.3 Å². The molecule has 1 aromatic carbocycles. The average molecular weight is 325 g/mol. The number of aromatic nitrogens is 2. The smallest absolute Gasteiger partial charge is 0.359 e. The SMILES string of the molecule is Cc1cnc(C(=O)O[C@@H](C)C(=O)N2CCc3ccccc3C2)cn1. The van der Waals surface area contributed by atoms with E-state index in [1.54, 1.807) is 18.7 Å². The van der Waals surface area contributed by atoms with Crippen LogP contribution in [-0.4, -0.2) is 39.4 Å². The zero-order valence-corrected chi connectivity index (χ0v) is 13.7. The van der Waals surface area contributed by atoms with E-state index >= 15 is 0 Å². The maximum absolute atomic E-state index is 12.5. The van der Waals surface area contributed by atoms with E-state index in [1.165, 1.54) is 18.0 Å². The fourth-order valence-corrected chi connectivity index (χ4v) is 2.71. The molecule has 6 nitrogen and oxygen atoms in total. The van der Waals surface area contributed by atoms with E-state index in [2.05, 4.69) is 16.0 Å². The Morgan fingerprint density at radius 2 is 1.92 bits per heavy atom. The van der Waals surface area contributed by atoms with Crippen LogP contribution in [0.3, 0.4) is 0 Å². The number of carbonyl (C=O) groups excluding carboxylic acids is 2. The Kier molecular flexibility index (Phi) is 4.55. The van der Waals surface area contributed by atoms with Crippen LogP contribution in [-0.2, 0) is 22.5 Å². The summed E-state index contributed by atoms with van der Waals surface area (Å²) in [5.41, 5.74) is 3.22. The van der Waals surface area contributed by atoms with E-state index < -0.39 is 12.1 Å². The molecule has 0 aliphatic carbocycles. The molecule has 124 valence electrons. The number of esters is 1. The summed E-state index contributed by atoms with van der Waals surface area (Å²) in [6, 6.07) is 8.07. The molecule has 0 radical (unpaired) electrons. The molecule has 0 bridgehead atoms. The Balaban J connectivity index is 1.63. The predicted molar refractivity (Wildman–Crippen MR) is 87.2 cm³/mol. The summed E-state index contributed by atoms with van der Waals surface area (Å²) in [6.07, 6.45) is 2.80. The van der Waals surface area contributed by atoms with Crippen molar-refractivity contribution >= 4 is 11.9 Å². The fourth-order valence-electron chi connectivity index (χ4n) is 2.71. The Bertz CT molecular complexity index is 758. The van der Waals surface area contributed by atoms with Gasteiger partial charge in [0.1, 0.15) is 0 Å². The second-order valence-corrected chi connectivity index (χ2v) is 5.87. The van der Waals surface area contributed by atoms with Crippen LogP contribution in [0.2, 0.25) is 0 Å². The number of amides is 1. The third-order valence-electron chi connectivity index (χ3n) is 4.06. The predicted octanol–water partition coefficient (Wildman–Crippen LogP) is 1.92. The van der Waals surface area contributed by atoms with Crippen molar-refractivity contribution < 1.29 is 14.3 Å². The summed E-state index contributed by atoms with van der Waals surface area (Å²) >= 11 is 0. The highest BCUT2D eigenvalue weighted by Crippen LogP contribution is 2.19. The first-order valence-corrected chi connectivity index (χ1v) is 7.90. The topological polar surface area (TPSA) is 72.4 Å². The van der Waals surface area contributed by atoms with Crippen molar-refractivity contribution in [3.63, 3.8) is 0 Å². The third-order valence-corrected chi connectivity index (χ3v) is 4.06. The molecule has 2 aromatic rings. The molecule has 24 heavy (non-hydrogen) atoms. The molecule has 0 saturated carbocycles. The van der Waals surface area contributed by atoms with Crippen molar-refractivity contribution in [2.45, 2.75) is 32.9 Å². The lowest BCUT2D eigenvalue weighted by atomic mass is 9.99. The summed E-state index contributed by atoms with van der Waals surface area (Å²) in [4.78, 5) is 34.3. The van der Waals surface area contributed by atoms with Crippen molar-refractivity contribution in [2.24, 2.45) is 0 Å². The molecule has 1 aliphatic heterocycles. The number of nitrogens with zero attached hydrogens (tertiary/aromatic N) is 3. The van der Waals surface area contributed by atoms with Gasteiger partial charge in [0.15, 0.2) is 11.8 Å². The van der Waals surface area contributed by atoms with Gasteiger partial charge in [0.25, 0.3) is 5.91 Å². The van der Waals surface area contributed by atoms with Gasteiger partial charge in [0.05, 0.1) is 11.9 Å². The van der Waals surface area contributed by atoms with Crippen LogP contribution < -0.4 is 0 Å². The number of rotatable bonds is 3. The monoisotopic (exact) mass is 325 g/mol. The molecule has 1 amide bonds. The Morgan fingerprint density at radius 3 is 2.62 bits per heavy atom. The second kappa shape index (κ2) is 6.78. The van der Waals surface area contributed by atoms with E-state index in [9.17, 15) is 9.59 Å². The number of aryl methyl sites for hydroxylation is 1. The highest BCUT2D eigenvalue weighted by Gasteiger charge is 2.27. The molecular formula is C18H19N3O3. The first-order valence-electron chi connectivity index (χ1n) is 7.90. The van der Waals surface area contributed by atoms with Crippen molar-refractivity contribution in [3.8, 4) is 0 Å². The van der Waals surface area contributed by atoms with Gasteiger partial charge in [-0.15, -0.1) is 0 Å². The summed E-state index contributed by atoms with van der Waals surface area (Å²) in [5, 5.41) is 0. The molecule has 1 aromatic heterocycles. The molecule has 0 N–H and O–H groups in total. The lowest BCUT2D eigenvalue weighted by molar-refractivity contribution is -0.140. The molecule has 1 atom stereocenters. The maximum Gasteiger partial charge on any atom is 0.359 e. The minimum Gasteiger partial charge on any atom is -0.448 e. The van der Waals surface area contributed by atoms with E-state index in [1.807, 2.05) is 18.2 Å². The number of benzene rings is 1. The summed E-state index contributed by atoms with van der Waals surface area (Å²) in [6.45, 7) is 4.54. The zero-order valence-electron chi connectivity index (χ0n) is 13.7. The van der Waals surface area contributed by atoms with Crippen molar-refractivity contribution in [2.75, 3.05) is 6.54 Å². The van der Waals surface area contributed by atoms with Crippen LogP contribution in [0.25, 0.3) is 0 Å². The molecule has 0 unspecified atom stereocenters. The van der Waals surface area contributed by atoms with Gasteiger partial charge in [-0.3, -0.25) is 9.78 Å². The van der Waals surface area contributed by atoms with Gasteiger partial charge in [0.2, 0.25) is 0 Å². The highest BCUT2D eigenvalue weighted by atomic mass is 16.5. The first kappa shape index (κ1) is 16.1. The van der Waals surface area contributed by atoms with Gasteiger partial charge < -0.3 is 9.64 Å². The van der Waals surface area contributed by atoms with Gasteiger partial charge in [-0.1, -0.05) is 24.3 Å². The zero-order chi connectivity index (χ0) is 17.1. The molecular weight excluding hydrogens is 306 g/mol. The average Bonchev–Trinajstić information content (AvgIpc) is 2.61. The van der Waals surface area contributed by atoms with Crippen LogP contribution in [0.1, 0.15) is 34.2 Å². The largest absolute Gasteiger partial charge is 0.448 e. The van der Waals surface area contributed by atoms with Gasteiger partial charge in [-0.25, -0.2) is 9.78 Å². The van der Waals surface area contributed by atoms with Crippen LogP contribution >= 0.6 is 0 Å². The van der Waals surface area contributed by atoms with Gasteiger partial charge in [-0.2, -0.15) is 0 Å². The standard InChI is InChI=1S/C18H19N3O3/c1-12-9-20-16(10-19-12)18(23)24-13(2)17(22)21-8-7-14-5-3-4-6-15(14)11-21/h3-6,9-10,13H,7-8,11H2,1-2H3/t13-/m0/s1. The van der Waals surface area contributed by atoms with E-state index in [-0.39, 0.29) is 11.6 Å². The first-order chi connectivity index (χ1) is 11.5. The van der Waals surface area contributed by atoms with Crippen molar-refractivity contribution in [1.82, 2.24) is 14.9 Å². The normalized spacial score (nSPS) is 14.7. The van der Waals surface area contributed by atoms with Gasteiger partial charge in [-0.05, 0) is 31.4 Å². The van der Waals surface area contributed by atoms with E-state index in [0.29, 0.717) is 18.8 Å². The Morgan fingerprint density at radius 1 is 1.17 bits per heavy atom. The number of hydrogen-bond donors (Lipinski definition) is 0. The fraction of sp³-hybridized carbons (Fsp3) is 0.333.